The monoisotopic (exact) mass is 294 g/mol. The number of Topliss-reactive ketones (excluding diaryl/α,β-unsaturated/α-hetero) is 2. The van der Waals surface area contributed by atoms with Gasteiger partial charge < -0.3 is 5.11 Å². The maximum Gasteiger partial charge on any atom is 0.240 e. The Labute approximate surface area is 124 Å². The molecule has 1 spiro atoms. The van der Waals surface area contributed by atoms with Gasteiger partial charge in [0.15, 0.2) is 11.6 Å². The van der Waals surface area contributed by atoms with Gasteiger partial charge in [-0.15, -0.1) is 0 Å². The Morgan fingerprint density at radius 2 is 1.62 bits per heavy atom. The summed E-state index contributed by atoms with van der Waals surface area (Å²) >= 11 is 0. The maximum atomic E-state index is 12.7. The van der Waals surface area contributed by atoms with Crippen molar-refractivity contribution in [3.05, 3.63) is 11.6 Å². The molecular weight excluding hydrogens is 272 g/mol. The van der Waals surface area contributed by atoms with Gasteiger partial charge >= 0.3 is 0 Å². The van der Waals surface area contributed by atoms with E-state index in [4.69, 9.17) is 9.78 Å². The standard InChI is InChI=1S/C16H22O5/c1-13(2)11(17)10-9-15(7-5-6-8-15)20-21-16(10,19)14(3,4)12(13)18/h9,19H,5-8H2,1-4H3. The lowest BCUT2D eigenvalue weighted by atomic mass is 9.57. The molecule has 5 heteroatoms. The van der Waals surface area contributed by atoms with Crippen LogP contribution in [0.3, 0.4) is 0 Å². The molecule has 1 atom stereocenters. The molecule has 1 heterocycles. The first-order chi connectivity index (χ1) is 9.57. The zero-order chi connectivity index (χ0) is 15.7. The zero-order valence-electron chi connectivity index (χ0n) is 13.0. The zero-order valence-corrected chi connectivity index (χ0v) is 13.0. The van der Waals surface area contributed by atoms with Crippen LogP contribution in [0.25, 0.3) is 0 Å². The molecule has 3 aliphatic rings. The summed E-state index contributed by atoms with van der Waals surface area (Å²) in [4.78, 5) is 36.1. The minimum absolute atomic E-state index is 0.172. The number of fused-ring (bicyclic) bond motifs is 1. The normalized spacial score (nSPS) is 36.5. The van der Waals surface area contributed by atoms with E-state index in [0.29, 0.717) is 0 Å². The Kier molecular flexibility index (Phi) is 2.85. The molecule has 21 heavy (non-hydrogen) atoms. The molecule has 2 fully saturated rings. The van der Waals surface area contributed by atoms with E-state index in [1.807, 2.05) is 0 Å². The van der Waals surface area contributed by atoms with Crippen LogP contribution >= 0.6 is 0 Å². The van der Waals surface area contributed by atoms with Crippen LogP contribution in [0, 0.1) is 10.8 Å². The molecule has 1 unspecified atom stereocenters. The fourth-order valence-electron chi connectivity index (χ4n) is 3.81. The van der Waals surface area contributed by atoms with Crippen molar-refractivity contribution in [2.45, 2.75) is 64.8 Å². The maximum absolute atomic E-state index is 12.7. The van der Waals surface area contributed by atoms with Crippen LogP contribution in [0.5, 0.6) is 0 Å². The molecule has 0 saturated heterocycles. The van der Waals surface area contributed by atoms with Gasteiger partial charge in [0.2, 0.25) is 5.79 Å². The van der Waals surface area contributed by atoms with Crippen molar-refractivity contribution in [1.29, 1.82) is 0 Å². The van der Waals surface area contributed by atoms with Gasteiger partial charge in [0.05, 0.1) is 16.4 Å². The Hall–Kier alpha value is -1.04. The van der Waals surface area contributed by atoms with Crippen molar-refractivity contribution in [2.24, 2.45) is 10.8 Å². The van der Waals surface area contributed by atoms with Crippen LogP contribution in [0.4, 0.5) is 0 Å². The van der Waals surface area contributed by atoms with Crippen LogP contribution in [0.2, 0.25) is 0 Å². The highest BCUT2D eigenvalue weighted by molar-refractivity contribution is 6.19. The molecule has 116 valence electrons. The molecule has 3 rings (SSSR count). The summed E-state index contributed by atoms with van der Waals surface area (Å²) in [7, 11) is 0. The second-order valence-corrected chi connectivity index (χ2v) is 7.55. The number of ketones is 2. The van der Waals surface area contributed by atoms with E-state index in [2.05, 4.69) is 0 Å². The van der Waals surface area contributed by atoms with Crippen molar-refractivity contribution in [2.75, 3.05) is 0 Å². The highest BCUT2D eigenvalue weighted by Crippen LogP contribution is 2.54. The van der Waals surface area contributed by atoms with E-state index in [0.717, 1.165) is 25.7 Å². The third kappa shape index (κ3) is 1.68. The smallest absolute Gasteiger partial charge is 0.240 e. The Bertz CT molecular complexity index is 551. The first kappa shape index (κ1) is 14.9. The van der Waals surface area contributed by atoms with E-state index < -0.39 is 22.2 Å². The highest BCUT2D eigenvalue weighted by Gasteiger charge is 2.67. The van der Waals surface area contributed by atoms with Gasteiger partial charge in [0.25, 0.3) is 0 Å². The van der Waals surface area contributed by atoms with Gasteiger partial charge in [-0.2, -0.15) is 4.89 Å². The second kappa shape index (κ2) is 4.03. The van der Waals surface area contributed by atoms with Crippen LogP contribution in [0.1, 0.15) is 53.4 Å². The summed E-state index contributed by atoms with van der Waals surface area (Å²) in [6.45, 7) is 6.40. The van der Waals surface area contributed by atoms with Gasteiger partial charge in [-0.1, -0.05) is 0 Å². The molecular formula is C16H22O5. The second-order valence-electron chi connectivity index (χ2n) is 7.55. The highest BCUT2D eigenvalue weighted by atomic mass is 17.2. The molecule has 0 aromatic carbocycles. The van der Waals surface area contributed by atoms with Crippen molar-refractivity contribution >= 4 is 11.6 Å². The molecule has 0 aromatic heterocycles. The lowest BCUT2D eigenvalue weighted by Gasteiger charge is -2.52. The lowest BCUT2D eigenvalue weighted by molar-refractivity contribution is -0.466. The van der Waals surface area contributed by atoms with Crippen LogP contribution < -0.4 is 0 Å². The predicted octanol–water partition coefficient (Wildman–Crippen LogP) is 2.08. The summed E-state index contributed by atoms with van der Waals surface area (Å²) in [6, 6.07) is 0. The first-order valence-electron chi connectivity index (χ1n) is 7.49. The molecule has 2 aliphatic carbocycles. The Balaban J connectivity index is 2.18. The van der Waals surface area contributed by atoms with Crippen molar-refractivity contribution in [1.82, 2.24) is 0 Å². The molecule has 0 aromatic rings. The average Bonchev–Trinajstić information content (AvgIpc) is 2.87. The largest absolute Gasteiger partial charge is 0.359 e. The lowest BCUT2D eigenvalue weighted by Crippen LogP contribution is -2.66. The van der Waals surface area contributed by atoms with Gasteiger partial charge in [-0.05, 0) is 59.5 Å². The minimum atomic E-state index is -2.01. The molecule has 5 nitrogen and oxygen atoms in total. The average molecular weight is 294 g/mol. The van der Waals surface area contributed by atoms with E-state index in [9.17, 15) is 14.7 Å². The number of carbonyl (C=O) groups is 2. The SMILES string of the molecule is CC1(C)C(=O)C2=CC3(CCCC3)OOC2(O)C(C)(C)C1=O. The number of hydrogen-bond acceptors (Lipinski definition) is 5. The van der Waals surface area contributed by atoms with Gasteiger partial charge in [0, 0.05) is 0 Å². The fourth-order valence-corrected chi connectivity index (χ4v) is 3.81. The summed E-state index contributed by atoms with van der Waals surface area (Å²) < 4.78 is 0. The molecule has 0 radical (unpaired) electrons. The predicted molar refractivity (Wildman–Crippen MR) is 74.0 cm³/mol. The molecule has 1 N–H and O–H groups in total. The van der Waals surface area contributed by atoms with E-state index in [1.165, 1.54) is 0 Å². The van der Waals surface area contributed by atoms with E-state index in [1.54, 1.807) is 33.8 Å². The number of hydrogen-bond donors (Lipinski definition) is 1. The van der Waals surface area contributed by atoms with E-state index >= 15 is 0 Å². The third-order valence-electron chi connectivity index (χ3n) is 5.35. The molecule has 0 amide bonds. The quantitative estimate of drug-likeness (QED) is 0.547. The summed E-state index contributed by atoms with van der Waals surface area (Å²) in [5.41, 5.74) is -2.88. The Morgan fingerprint density at radius 3 is 2.19 bits per heavy atom. The van der Waals surface area contributed by atoms with Crippen molar-refractivity contribution in [3.63, 3.8) is 0 Å². The summed E-state index contributed by atoms with van der Waals surface area (Å²) in [5.74, 6) is -2.72. The summed E-state index contributed by atoms with van der Waals surface area (Å²) in [5, 5.41) is 10.9. The van der Waals surface area contributed by atoms with Gasteiger partial charge in [0.1, 0.15) is 5.60 Å². The number of aliphatic hydroxyl groups is 1. The van der Waals surface area contributed by atoms with Crippen LogP contribution in [0.15, 0.2) is 11.6 Å². The van der Waals surface area contributed by atoms with Crippen molar-refractivity contribution in [3.8, 4) is 0 Å². The van der Waals surface area contributed by atoms with Crippen LogP contribution in [-0.2, 0) is 19.4 Å². The molecule has 0 bridgehead atoms. The summed E-state index contributed by atoms with van der Waals surface area (Å²) in [6.07, 6.45) is 5.21. The van der Waals surface area contributed by atoms with Gasteiger partial charge in [-0.3, -0.25) is 9.59 Å². The van der Waals surface area contributed by atoms with Crippen molar-refractivity contribution < 1.29 is 24.5 Å². The minimum Gasteiger partial charge on any atom is -0.359 e. The van der Waals surface area contributed by atoms with E-state index in [-0.39, 0.29) is 17.1 Å². The molecule has 2 saturated carbocycles. The topological polar surface area (TPSA) is 72.8 Å². The molecule has 1 aliphatic heterocycles. The fraction of sp³-hybridized carbons (Fsp3) is 0.750. The van der Waals surface area contributed by atoms with Crippen LogP contribution in [-0.4, -0.2) is 28.1 Å². The number of rotatable bonds is 0. The number of carbonyl (C=O) groups excluding carboxylic acids is 2. The Morgan fingerprint density at radius 1 is 1.05 bits per heavy atom. The first-order valence-corrected chi connectivity index (χ1v) is 7.49. The third-order valence-corrected chi connectivity index (χ3v) is 5.35. The van der Waals surface area contributed by atoms with Gasteiger partial charge in [-0.25, -0.2) is 4.89 Å².